The van der Waals surface area contributed by atoms with Crippen LogP contribution in [0.2, 0.25) is 0 Å². The molecular weight excluding hydrogens is 260 g/mol. The molecular formula is C18H30N2O. The van der Waals surface area contributed by atoms with E-state index in [2.05, 4.69) is 43.9 Å². The van der Waals surface area contributed by atoms with Crippen molar-refractivity contribution in [3.63, 3.8) is 0 Å². The van der Waals surface area contributed by atoms with Crippen LogP contribution < -0.4 is 10.5 Å². The first-order valence-corrected chi connectivity index (χ1v) is 8.23. The van der Waals surface area contributed by atoms with E-state index >= 15 is 0 Å². The number of nitrogens with zero attached hydrogens (tertiary/aromatic N) is 1. The Morgan fingerprint density at radius 2 is 2.14 bits per heavy atom. The molecule has 3 heteroatoms. The molecule has 0 saturated heterocycles. The van der Waals surface area contributed by atoms with E-state index < -0.39 is 0 Å². The molecule has 1 aliphatic carbocycles. The van der Waals surface area contributed by atoms with Gasteiger partial charge < -0.3 is 10.5 Å². The SMILES string of the molecule is CCCN(C(C)C)C1(CN)CCCc2ccc(OC)cc21. The monoisotopic (exact) mass is 290 g/mol. The van der Waals surface area contributed by atoms with Crippen LogP contribution in [0.3, 0.4) is 0 Å². The van der Waals surface area contributed by atoms with E-state index in [1.54, 1.807) is 7.11 Å². The van der Waals surface area contributed by atoms with Crippen molar-refractivity contribution < 1.29 is 4.74 Å². The molecule has 0 aliphatic heterocycles. The number of methoxy groups -OCH3 is 1. The van der Waals surface area contributed by atoms with E-state index in [1.807, 2.05) is 0 Å². The zero-order valence-corrected chi connectivity index (χ0v) is 14.0. The second kappa shape index (κ2) is 6.80. The molecule has 3 nitrogen and oxygen atoms in total. The highest BCUT2D eigenvalue weighted by molar-refractivity contribution is 5.42. The summed E-state index contributed by atoms with van der Waals surface area (Å²) in [6.45, 7) is 8.56. The van der Waals surface area contributed by atoms with Crippen LogP contribution in [0.15, 0.2) is 18.2 Å². The van der Waals surface area contributed by atoms with Crippen LogP contribution in [-0.4, -0.2) is 31.1 Å². The average molecular weight is 290 g/mol. The quantitative estimate of drug-likeness (QED) is 0.873. The van der Waals surface area contributed by atoms with Crippen LogP contribution in [0.1, 0.15) is 51.2 Å². The minimum Gasteiger partial charge on any atom is -0.497 e. The predicted octanol–water partition coefficient (Wildman–Crippen LogP) is 3.31. The van der Waals surface area contributed by atoms with E-state index in [9.17, 15) is 0 Å². The number of fused-ring (bicyclic) bond motifs is 1. The van der Waals surface area contributed by atoms with Crippen molar-refractivity contribution in [2.45, 2.75) is 58.0 Å². The lowest BCUT2D eigenvalue weighted by Gasteiger charge is -2.49. The molecule has 0 saturated carbocycles. The van der Waals surface area contributed by atoms with E-state index in [0.29, 0.717) is 12.6 Å². The van der Waals surface area contributed by atoms with Gasteiger partial charge in [0.25, 0.3) is 0 Å². The Kier molecular flexibility index (Phi) is 5.28. The summed E-state index contributed by atoms with van der Waals surface area (Å²) in [5.41, 5.74) is 9.12. The highest BCUT2D eigenvalue weighted by atomic mass is 16.5. The molecule has 0 fully saturated rings. The zero-order chi connectivity index (χ0) is 15.5. The van der Waals surface area contributed by atoms with Gasteiger partial charge in [0.1, 0.15) is 5.75 Å². The fourth-order valence-corrected chi connectivity index (χ4v) is 3.87. The third-order valence-electron chi connectivity index (χ3n) is 4.83. The molecule has 0 aromatic heterocycles. The number of hydrogen-bond acceptors (Lipinski definition) is 3. The molecule has 2 N–H and O–H groups in total. The molecule has 1 aromatic rings. The number of nitrogens with two attached hydrogens (primary N) is 1. The molecule has 2 rings (SSSR count). The maximum Gasteiger partial charge on any atom is 0.119 e. The predicted molar refractivity (Wildman–Crippen MR) is 88.8 cm³/mol. The van der Waals surface area contributed by atoms with Gasteiger partial charge in [-0.15, -0.1) is 0 Å². The molecule has 0 radical (unpaired) electrons. The highest BCUT2D eigenvalue weighted by Crippen LogP contribution is 2.42. The molecule has 0 amide bonds. The van der Waals surface area contributed by atoms with Crippen LogP contribution in [0.25, 0.3) is 0 Å². The highest BCUT2D eigenvalue weighted by Gasteiger charge is 2.41. The van der Waals surface area contributed by atoms with Crippen molar-refractivity contribution in [2.24, 2.45) is 5.73 Å². The summed E-state index contributed by atoms with van der Waals surface area (Å²) in [4.78, 5) is 2.60. The first-order valence-electron chi connectivity index (χ1n) is 8.23. The van der Waals surface area contributed by atoms with Gasteiger partial charge >= 0.3 is 0 Å². The van der Waals surface area contributed by atoms with Gasteiger partial charge in [-0.2, -0.15) is 0 Å². The van der Waals surface area contributed by atoms with E-state index in [1.165, 1.54) is 17.5 Å². The summed E-state index contributed by atoms with van der Waals surface area (Å²) in [6.07, 6.45) is 4.66. The topological polar surface area (TPSA) is 38.5 Å². The minimum atomic E-state index is -0.0354. The lowest BCUT2D eigenvalue weighted by atomic mass is 9.74. The Labute approximate surface area is 129 Å². The molecule has 1 unspecified atom stereocenters. The Morgan fingerprint density at radius 1 is 1.38 bits per heavy atom. The van der Waals surface area contributed by atoms with Gasteiger partial charge in [0.05, 0.1) is 12.6 Å². The van der Waals surface area contributed by atoms with Crippen molar-refractivity contribution >= 4 is 0 Å². The second-order valence-corrected chi connectivity index (χ2v) is 6.40. The van der Waals surface area contributed by atoms with Crippen molar-refractivity contribution in [1.29, 1.82) is 0 Å². The summed E-state index contributed by atoms with van der Waals surface area (Å²) in [6, 6.07) is 7.00. The molecule has 118 valence electrons. The molecule has 1 aliphatic rings. The number of aryl methyl sites for hydroxylation is 1. The largest absolute Gasteiger partial charge is 0.497 e. The third kappa shape index (κ3) is 2.95. The lowest BCUT2D eigenvalue weighted by molar-refractivity contribution is 0.0433. The third-order valence-corrected chi connectivity index (χ3v) is 4.83. The Hall–Kier alpha value is -1.06. The van der Waals surface area contributed by atoms with Gasteiger partial charge in [0, 0.05) is 12.6 Å². The molecule has 1 atom stereocenters. The second-order valence-electron chi connectivity index (χ2n) is 6.40. The molecule has 1 aromatic carbocycles. The van der Waals surface area contributed by atoms with Gasteiger partial charge in [-0.1, -0.05) is 13.0 Å². The minimum absolute atomic E-state index is 0.0354. The van der Waals surface area contributed by atoms with Gasteiger partial charge in [-0.25, -0.2) is 0 Å². The normalized spacial score (nSPS) is 21.7. The van der Waals surface area contributed by atoms with E-state index in [4.69, 9.17) is 10.5 Å². The fraction of sp³-hybridized carbons (Fsp3) is 0.667. The maximum atomic E-state index is 6.33. The van der Waals surface area contributed by atoms with Crippen molar-refractivity contribution in [3.05, 3.63) is 29.3 Å². The van der Waals surface area contributed by atoms with Gasteiger partial charge in [-0.3, -0.25) is 4.90 Å². The summed E-state index contributed by atoms with van der Waals surface area (Å²) >= 11 is 0. The van der Waals surface area contributed by atoms with Crippen LogP contribution in [0.4, 0.5) is 0 Å². The van der Waals surface area contributed by atoms with Crippen molar-refractivity contribution in [2.75, 3.05) is 20.2 Å². The lowest BCUT2D eigenvalue weighted by Crippen LogP contribution is -2.56. The van der Waals surface area contributed by atoms with Crippen molar-refractivity contribution in [3.8, 4) is 5.75 Å². The maximum absolute atomic E-state index is 6.33. The Morgan fingerprint density at radius 3 is 2.71 bits per heavy atom. The average Bonchev–Trinajstić information content (AvgIpc) is 2.51. The Bertz CT molecular complexity index is 472. The molecule has 0 spiro atoms. The van der Waals surface area contributed by atoms with Crippen LogP contribution in [0.5, 0.6) is 5.75 Å². The number of ether oxygens (including phenoxy) is 1. The summed E-state index contributed by atoms with van der Waals surface area (Å²) in [5, 5.41) is 0. The first-order chi connectivity index (χ1) is 10.1. The first kappa shape index (κ1) is 16.3. The summed E-state index contributed by atoms with van der Waals surface area (Å²) in [7, 11) is 1.74. The van der Waals surface area contributed by atoms with Gasteiger partial charge in [-0.05, 0) is 69.3 Å². The summed E-state index contributed by atoms with van der Waals surface area (Å²) in [5.74, 6) is 0.939. The van der Waals surface area contributed by atoms with Crippen molar-refractivity contribution in [1.82, 2.24) is 4.90 Å². The number of rotatable bonds is 6. The fourth-order valence-electron chi connectivity index (χ4n) is 3.87. The van der Waals surface area contributed by atoms with Crippen LogP contribution in [-0.2, 0) is 12.0 Å². The van der Waals surface area contributed by atoms with Crippen LogP contribution in [0, 0.1) is 0 Å². The Balaban J connectivity index is 2.54. The van der Waals surface area contributed by atoms with E-state index in [0.717, 1.165) is 31.6 Å². The van der Waals surface area contributed by atoms with Gasteiger partial charge in [0.15, 0.2) is 0 Å². The zero-order valence-electron chi connectivity index (χ0n) is 14.0. The van der Waals surface area contributed by atoms with Gasteiger partial charge in [0.2, 0.25) is 0 Å². The standard InChI is InChI=1S/C18H30N2O/c1-5-11-20(14(2)3)18(13-19)10-6-7-15-8-9-16(21-4)12-17(15)18/h8-9,12,14H,5-7,10-11,13,19H2,1-4H3. The molecule has 0 heterocycles. The van der Waals surface area contributed by atoms with E-state index in [-0.39, 0.29) is 5.54 Å². The molecule has 21 heavy (non-hydrogen) atoms. The van der Waals surface area contributed by atoms with Crippen LogP contribution >= 0.6 is 0 Å². The number of benzene rings is 1. The molecule has 0 bridgehead atoms. The number of hydrogen-bond donors (Lipinski definition) is 1. The smallest absolute Gasteiger partial charge is 0.119 e. The summed E-state index contributed by atoms with van der Waals surface area (Å²) < 4.78 is 5.46.